The van der Waals surface area contributed by atoms with Gasteiger partial charge in [-0.15, -0.1) is 0 Å². The topological polar surface area (TPSA) is 324 Å². The van der Waals surface area contributed by atoms with Gasteiger partial charge < -0.3 is 63.3 Å². The van der Waals surface area contributed by atoms with Crippen molar-refractivity contribution in [2.24, 2.45) is 16.5 Å². The predicted octanol–water partition coefficient (Wildman–Crippen LogP) is -4.55. The molecule has 0 unspecified atom stereocenters. The maximum absolute atomic E-state index is 13.4. The molecule has 1 saturated heterocycles. The molecule has 0 saturated carbocycles. The van der Waals surface area contributed by atoms with Gasteiger partial charge in [0.25, 0.3) is 0 Å². The number of hydrogen-bond donors (Lipinski definition) is 10. The van der Waals surface area contributed by atoms with Gasteiger partial charge in [-0.2, -0.15) is 0 Å². The van der Waals surface area contributed by atoms with Crippen LogP contribution in [0.4, 0.5) is 0 Å². The molecule has 21 nitrogen and oxygen atoms in total. The summed E-state index contributed by atoms with van der Waals surface area (Å²) in [6.07, 6.45) is 0.488. The first-order valence-electron chi connectivity index (χ1n) is 16.6. The number of unbranched alkanes of at least 4 members (excludes halogenated alkanes) is 1. The largest absolute Gasteiger partial charge is 0.481 e. The molecule has 7 amide bonds. The summed E-state index contributed by atoms with van der Waals surface area (Å²) in [5.41, 5.74) is 10.7. The van der Waals surface area contributed by atoms with Crippen molar-refractivity contribution in [2.45, 2.75) is 83.0 Å². The number of nitrogens with zero attached hydrogens (tertiary/aromatic N) is 1. The second-order valence-corrected chi connectivity index (χ2v) is 11.5. The molecule has 0 aliphatic carbocycles. The fraction of sp³-hybridized carbons (Fsp3) is 0.700. The Labute approximate surface area is 295 Å². The van der Waals surface area contributed by atoms with Crippen LogP contribution in [0.5, 0.6) is 0 Å². The summed E-state index contributed by atoms with van der Waals surface area (Å²) in [6, 6.07) is -5.14. The molecule has 0 aromatic heterocycles. The summed E-state index contributed by atoms with van der Waals surface area (Å²) in [5, 5.41) is 26.7. The monoisotopic (exact) mass is 728 g/mol. The number of nitrogens with two attached hydrogens (primary N) is 2. The highest BCUT2D eigenvalue weighted by atomic mass is 16.5. The number of hydrogen-bond acceptors (Lipinski definition) is 11. The van der Waals surface area contributed by atoms with E-state index < -0.39 is 72.6 Å². The van der Waals surface area contributed by atoms with Gasteiger partial charge in [0.15, 0.2) is 5.96 Å². The minimum atomic E-state index is -1.55. The van der Waals surface area contributed by atoms with Crippen LogP contribution in [-0.4, -0.2) is 135 Å². The van der Waals surface area contributed by atoms with Crippen LogP contribution in [0, 0.1) is 0 Å². The van der Waals surface area contributed by atoms with Crippen LogP contribution in [0.15, 0.2) is 4.99 Å². The lowest BCUT2D eigenvalue weighted by molar-refractivity contribution is -0.141. The number of aliphatic carboxylic acids is 1. The fourth-order valence-corrected chi connectivity index (χ4v) is 4.49. The molecule has 4 atom stereocenters. The number of carboxylic acids is 1. The van der Waals surface area contributed by atoms with Crippen molar-refractivity contribution < 1.29 is 52.9 Å². The number of amides is 7. The molecule has 0 radical (unpaired) electrons. The van der Waals surface area contributed by atoms with Gasteiger partial charge in [-0.05, 0) is 39.0 Å². The molecule has 12 N–H and O–H groups in total. The van der Waals surface area contributed by atoms with E-state index in [0.29, 0.717) is 32.6 Å². The van der Waals surface area contributed by atoms with Crippen molar-refractivity contribution >= 4 is 53.3 Å². The lowest BCUT2D eigenvalue weighted by Crippen LogP contribution is -2.57. The quantitative estimate of drug-likeness (QED) is 0.0321. The van der Waals surface area contributed by atoms with Crippen LogP contribution in [0.25, 0.3) is 0 Å². The van der Waals surface area contributed by atoms with Gasteiger partial charge in [0.1, 0.15) is 24.2 Å². The molecular formula is C30H52N10O11. The molecule has 1 fully saturated rings. The molecule has 0 aromatic carbocycles. The Morgan fingerprint density at radius 1 is 0.784 bits per heavy atom. The van der Waals surface area contributed by atoms with Gasteiger partial charge in [-0.25, -0.2) is 0 Å². The molecule has 288 valence electrons. The molecule has 1 aliphatic rings. The lowest BCUT2D eigenvalue weighted by Gasteiger charge is -2.24. The van der Waals surface area contributed by atoms with Crippen molar-refractivity contribution in [3.05, 3.63) is 0 Å². The molecule has 21 heteroatoms. The number of rotatable bonds is 20. The van der Waals surface area contributed by atoms with Gasteiger partial charge in [0.05, 0.1) is 39.4 Å². The first kappa shape index (κ1) is 44.0. The zero-order chi connectivity index (χ0) is 38.2. The van der Waals surface area contributed by atoms with Crippen LogP contribution in [0.3, 0.4) is 0 Å². The molecule has 1 aliphatic heterocycles. The Bertz CT molecular complexity index is 1230. The van der Waals surface area contributed by atoms with E-state index in [4.69, 9.17) is 20.9 Å². The SMILES string of the molecule is CC(=O)NCCOCCOCCC(=O)NCCCC[C@@H]1NC(=O)[C@@H](C)NC(=O)[C@H](CC(=O)O)NC(=O)CNC(=O)[C@H](CCCN=C(N)N)NC1=O. The molecule has 0 bridgehead atoms. The number of carboxylic acid groups (broad SMARTS) is 1. The Morgan fingerprint density at radius 3 is 2.08 bits per heavy atom. The van der Waals surface area contributed by atoms with Crippen molar-refractivity contribution in [3.8, 4) is 0 Å². The van der Waals surface area contributed by atoms with Gasteiger partial charge >= 0.3 is 5.97 Å². The summed E-state index contributed by atoms with van der Waals surface area (Å²) in [6.45, 7) is 3.99. The molecule has 1 rings (SSSR count). The maximum atomic E-state index is 13.4. The van der Waals surface area contributed by atoms with E-state index in [9.17, 15) is 43.5 Å². The van der Waals surface area contributed by atoms with E-state index in [-0.39, 0.29) is 69.8 Å². The van der Waals surface area contributed by atoms with Crippen LogP contribution in [-0.2, 0) is 47.8 Å². The Balaban J connectivity index is 2.83. The number of carbonyl (C=O) groups excluding carboxylic acids is 7. The summed E-state index contributed by atoms with van der Waals surface area (Å²) >= 11 is 0. The number of aliphatic imine (C=N–C) groups is 1. The van der Waals surface area contributed by atoms with Crippen molar-refractivity contribution in [1.29, 1.82) is 0 Å². The van der Waals surface area contributed by atoms with Crippen LogP contribution >= 0.6 is 0 Å². The third-order valence-electron chi connectivity index (χ3n) is 7.12. The smallest absolute Gasteiger partial charge is 0.305 e. The predicted molar refractivity (Wildman–Crippen MR) is 180 cm³/mol. The Morgan fingerprint density at radius 2 is 1.41 bits per heavy atom. The summed E-state index contributed by atoms with van der Waals surface area (Å²) in [4.78, 5) is 103. The molecule has 1 heterocycles. The second kappa shape index (κ2) is 25.0. The standard InChI is InChI=1S/C30H52N10O11/c1-18-26(46)39-21(6-3-4-9-34-23(42)8-12-50-14-15-51-13-11-33-19(2)41)28(48)40-20(7-5-10-35-30(31)32)27(47)36-17-24(43)38-22(16-25(44)45)29(49)37-18/h18,20-22H,3-17H2,1-2H3,(H,33,41)(H,34,42)(H,36,47)(H,37,49)(H,38,43)(H,39,46)(H,40,48)(H,44,45)(H4,31,32,35)/t18-,20+,21+,22+/m1/s1. The summed E-state index contributed by atoms with van der Waals surface area (Å²) in [7, 11) is 0. The second-order valence-electron chi connectivity index (χ2n) is 11.5. The minimum absolute atomic E-state index is 0.0517. The Hall–Kier alpha value is -5.05. The normalized spacial score (nSPS) is 20.2. The number of ether oxygens (including phenoxy) is 2. The van der Waals surface area contributed by atoms with Crippen molar-refractivity contribution in [2.75, 3.05) is 52.6 Å². The zero-order valence-corrected chi connectivity index (χ0v) is 29.0. The van der Waals surface area contributed by atoms with E-state index in [1.54, 1.807) is 0 Å². The zero-order valence-electron chi connectivity index (χ0n) is 29.0. The van der Waals surface area contributed by atoms with Gasteiger partial charge in [0, 0.05) is 33.0 Å². The average Bonchev–Trinajstić information content (AvgIpc) is 3.05. The number of nitrogens with one attached hydrogen (secondary N) is 7. The molecule has 0 aromatic rings. The lowest BCUT2D eigenvalue weighted by atomic mass is 10.1. The highest BCUT2D eigenvalue weighted by Gasteiger charge is 2.31. The van der Waals surface area contributed by atoms with Crippen LogP contribution in [0.1, 0.15) is 58.8 Å². The maximum Gasteiger partial charge on any atom is 0.305 e. The number of carbonyl (C=O) groups is 8. The Kier molecular flexibility index (Phi) is 21.5. The van der Waals surface area contributed by atoms with E-state index in [1.807, 2.05) is 0 Å². The summed E-state index contributed by atoms with van der Waals surface area (Å²) < 4.78 is 10.7. The third kappa shape index (κ3) is 20.9. The van der Waals surface area contributed by atoms with E-state index >= 15 is 0 Å². The van der Waals surface area contributed by atoms with Gasteiger partial charge in [0.2, 0.25) is 41.4 Å². The number of guanidine groups is 1. The summed E-state index contributed by atoms with van der Waals surface area (Å²) in [5.74, 6) is -6.04. The highest BCUT2D eigenvalue weighted by Crippen LogP contribution is 2.06. The first-order chi connectivity index (χ1) is 24.2. The highest BCUT2D eigenvalue weighted by molar-refractivity contribution is 5.97. The van der Waals surface area contributed by atoms with Crippen molar-refractivity contribution in [3.63, 3.8) is 0 Å². The van der Waals surface area contributed by atoms with Crippen LogP contribution in [0.2, 0.25) is 0 Å². The molecule has 51 heavy (non-hydrogen) atoms. The van der Waals surface area contributed by atoms with Gasteiger partial charge in [-0.3, -0.25) is 43.3 Å². The van der Waals surface area contributed by atoms with E-state index in [0.717, 1.165) is 0 Å². The average molecular weight is 729 g/mol. The molecular weight excluding hydrogens is 676 g/mol. The first-order valence-corrected chi connectivity index (χ1v) is 16.6. The third-order valence-corrected chi connectivity index (χ3v) is 7.12. The van der Waals surface area contributed by atoms with E-state index in [1.165, 1.54) is 13.8 Å². The van der Waals surface area contributed by atoms with Crippen molar-refractivity contribution in [1.82, 2.24) is 37.2 Å². The molecule has 0 spiro atoms. The van der Waals surface area contributed by atoms with Gasteiger partial charge in [-0.1, -0.05) is 0 Å². The van der Waals surface area contributed by atoms with E-state index in [2.05, 4.69) is 42.2 Å². The fourth-order valence-electron chi connectivity index (χ4n) is 4.49. The van der Waals surface area contributed by atoms with Crippen LogP contribution < -0.4 is 48.7 Å². The minimum Gasteiger partial charge on any atom is -0.481 e.